The summed E-state index contributed by atoms with van der Waals surface area (Å²) < 4.78 is 7.63. The van der Waals surface area contributed by atoms with Gasteiger partial charge < -0.3 is 15.8 Å². The summed E-state index contributed by atoms with van der Waals surface area (Å²) in [6.07, 6.45) is 3.19. The van der Waals surface area contributed by atoms with Crippen molar-refractivity contribution in [3.63, 3.8) is 0 Å². The average Bonchev–Trinajstić information content (AvgIpc) is 3.11. The average molecular weight is 289 g/mol. The lowest BCUT2D eigenvalue weighted by atomic mass is 10.2. The maximum atomic E-state index is 5.73. The summed E-state index contributed by atoms with van der Waals surface area (Å²) in [4.78, 5) is 4.64. The molecule has 2 aromatic heterocycles. The van der Waals surface area contributed by atoms with Crippen LogP contribution in [-0.4, -0.2) is 34.3 Å². The normalized spacial score (nSPS) is 18.5. The fourth-order valence-corrected chi connectivity index (χ4v) is 2.70. The van der Waals surface area contributed by atoms with Gasteiger partial charge in [0, 0.05) is 30.5 Å². The van der Waals surface area contributed by atoms with Crippen molar-refractivity contribution in [3.8, 4) is 0 Å². The Labute approximate surface area is 124 Å². The van der Waals surface area contributed by atoms with Crippen LogP contribution in [-0.2, 0) is 4.74 Å². The van der Waals surface area contributed by atoms with Crippen molar-refractivity contribution < 1.29 is 4.74 Å². The largest absolute Gasteiger partial charge is 0.372 e. The molecule has 0 radical (unpaired) electrons. The topological polar surface area (TPSA) is 77.5 Å². The third-order valence-corrected chi connectivity index (χ3v) is 4.03. The van der Waals surface area contributed by atoms with Crippen molar-refractivity contribution in [2.45, 2.75) is 39.2 Å². The smallest absolute Gasteiger partial charge is 0.157 e. The molecule has 2 aromatic rings. The Morgan fingerprint density at radius 1 is 1.48 bits per heavy atom. The molecule has 1 aliphatic heterocycles. The molecule has 0 amide bonds. The predicted octanol–water partition coefficient (Wildman–Crippen LogP) is 1.96. The van der Waals surface area contributed by atoms with E-state index in [4.69, 9.17) is 15.6 Å². The van der Waals surface area contributed by atoms with Crippen LogP contribution in [0.3, 0.4) is 0 Å². The number of anilines is 1. The molecule has 6 heteroatoms. The molecule has 1 atom stereocenters. The monoisotopic (exact) mass is 289 g/mol. The summed E-state index contributed by atoms with van der Waals surface area (Å²) in [5, 5.41) is 8.15. The zero-order valence-corrected chi connectivity index (χ0v) is 12.7. The number of aromatic nitrogens is 3. The highest BCUT2D eigenvalue weighted by Crippen LogP contribution is 2.29. The number of aryl methyl sites for hydroxylation is 1. The fraction of sp³-hybridized carbons (Fsp3) is 0.600. The van der Waals surface area contributed by atoms with Gasteiger partial charge in [0.25, 0.3) is 0 Å². The molecule has 1 saturated heterocycles. The number of ether oxygens (including phenoxy) is 1. The maximum Gasteiger partial charge on any atom is 0.157 e. The van der Waals surface area contributed by atoms with Crippen LogP contribution in [0.25, 0.3) is 5.65 Å². The minimum Gasteiger partial charge on any atom is -0.372 e. The zero-order chi connectivity index (χ0) is 14.8. The lowest BCUT2D eigenvalue weighted by Gasteiger charge is -2.12. The van der Waals surface area contributed by atoms with Gasteiger partial charge in [-0.1, -0.05) is 0 Å². The molecule has 0 spiro atoms. The van der Waals surface area contributed by atoms with Crippen molar-refractivity contribution in [1.82, 2.24) is 14.6 Å². The van der Waals surface area contributed by atoms with E-state index in [-0.39, 0.29) is 6.10 Å². The molecule has 0 saturated carbocycles. The number of hydrogen-bond donors (Lipinski definition) is 2. The van der Waals surface area contributed by atoms with Crippen molar-refractivity contribution >= 4 is 11.5 Å². The third-order valence-electron chi connectivity index (χ3n) is 4.03. The van der Waals surface area contributed by atoms with E-state index in [1.54, 1.807) is 0 Å². The van der Waals surface area contributed by atoms with E-state index >= 15 is 0 Å². The Morgan fingerprint density at radius 3 is 3.05 bits per heavy atom. The predicted molar refractivity (Wildman–Crippen MR) is 82.5 cm³/mol. The van der Waals surface area contributed by atoms with E-state index in [0.29, 0.717) is 6.54 Å². The summed E-state index contributed by atoms with van der Waals surface area (Å²) in [5.41, 5.74) is 9.57. The molecule has 114 valence electrons. The van der Waals surface area contributed by atoms with E-state index < -0.39 is 0 Å². The van der Waals surface area contributed by atoms with Gasteiger partial charge in [-0.3, -0.25) is 0 Å². The second kappa shape index (κ2) is 5.99. The molecule has 21 heavy (non-hydrogen) atoms. The van der Waals surface area contributed by atoms with E-state index in [1.165, 1.54) is 0 Å². The summed E-state index contributed by atoms with van der Waals surface area (Å²) in [6, 6.07) is 2.04. The number of rotatable bonds is 5. The molecule has 1 fully saturated rings. The van der Waals surface area contributed by atoms with Gasteiger partial charge >= 0.3 is 0 Å². The van der Waals surface area contributed by atoms with Gasteiger partial charge in [-0.05, 0) is 39.7 Å². The molecule has 0 aromatic carbocycles. The highest BCUT2D eigenvalue weighted by atomic mass is 16.5. The molecule has 1 aliphatic rings. The van der Waals surface area contributed by atoms with Gasteiger partial charge in [-0.25, -0.2) is 4.98 Å². The van der Waals surface area contributed by atoms with Crippen molar-refractivity contribution in [3.05, 3.63) is 23.0 Å². The van der Waals surface area contributed by atoms with Crippen LogP contribution in [0.1, 0.15) is 42.3 Å². The number of nitrogens with one attached hydrogen (secondary N) is 1. The van der Waals surface area contributed by atoms with Gasteiger partial charge in [-0.15, -0.1) is 0 Å². The first-order valence-corrected chi connectivity index (χ1v) is 7.63. The van der Waals surface area contributed by atoms with E-state index in [9.17, 15) is 0 Å². The van der Waals surface area contributed by atoms with Crippen LogP contribution < -0.4 is 11.1 Å². The number of fused-ring (bicyclic) bond motifs is 1. The molecule has 0 bridgehead atoms. The highest BCUT2D eigenvalue weighted by molar-refractivity contribution is 5.55. The minimum absolute atomic E-state index is 0.115. The second-order valence-corrected chi connectivity index (χ2v) is 5.58. The van der Waals surface area contributed by atoms with E-state index in [0.717, 1.165) is 60.8 Å². The van der Waals surface area contributed by atoms with E-state index in [2.05, 4.69) is 17.2 Å². The van der Waals surface area contributed by atoms with Crippen LogP contribution in [0.15, 0.2) is 6.07 Å². The molecular weight excluding hydrogens is 266 g/mol. The molecular formula is C15H23N5O. The standard InChI is InChI=1S/C15H23N5O/c1-10-11(2)18-14-9-12(13-5-3-8-21-13)19-20(14)15(10)17-7-4-6-16/h9,13,17H,3-8,16H2,1-2H3. The molecule has 0 aliphatic carbocycles. The lowest BCUT2D eigenvalue weighted by Crippen LogP contribution is -2.13. The van der Waals surface area contributed by atoms with Crippen LogP contribution in [0.2, 0.25) is 0 Å². The Balaban J connectivity index is 1.99. The van der Waals surface area contributed by atoms with E-state index in [1.807, 2.05) is 17.5 Å². The van der Waals surface area contributed by atoms with Crippen LogP contribution in [0.4, 0.5) is 5.82 Å². The first-order valence-electron chi connectivity index (χ1n) is 7.63. The van der Waals surface area contributed by atoms with Crippen LogP contribution in [0, 0.1) is 13.8 Å². The highest BCUT2D eigenvalue weighted by Gasteiger charge is 2.22. The second-order valence-electron chi connectivity index (χ2n) is 5.58. The molecule has 6 nitrogen and oxygen atoms in total. The first-order chi connectivity index (χ1) is 10.2. The quantitative estimate of drug-likeness (QED) is 0.823. The summed E-state index contributed by atoms with van der Waals surface area (Å²) in [6.45, 7) is 6.44. The summed E-state index contributed by atoms with van der Waals surface area (Å²) >= 11 is 0. The lowest BCUT2D eigenvalue weighted by molar-refractivity contribution is 0.108. The van der Waals surface area contributed by atoms with Gasteiger partial charge in [-0.2, -0.15) is 9.61 Å². The fourth-order valence-electron chi connectivity index (χ4n) is 2.70. The zero-order valence-electron chi connectivity index (χ0n) is 12.7. The summed E-state index contributed by atoms with van der Waals surface area (Å²) in [5.74, 6) is 1.01. The molecule has 3 heterocycles. The van der Waals surface area contributed by atoms with Crippen molar-refractivity contribution in [2.75, 3.05) is 25.0 Å². The SMILES string of the molecule is Cc1nc2cc(C3CCCO3)nn2c(NCCCN)c1C. The first kappa shape index (κ1) is 14.3. The Kier molecular flexibility index (Phi) is 4.07. The molecule has 3 N–H and O–H groups in total. The molecule has 1 unspecified atom stereocenters. The third kappa shape index (κ3) is 2.73. The van der Waals surface area contributed by atoms with Crippen molar-refractivity contribution in [2.24, 2.45) is 5.73 Å². The maximum absolute atomic E-state index is 5.73. The Morgan fingerprint density at radius 2 is 2.33 bits per heavy atom. The van der Waals surface area contributed by atoms with Gasteiger partial charge in [0.1, 0.15) is 11.9 Å². The minimum atomic E-state index is 0.115. The Hall–Kier alpha value is -1.66. The molecule has 3 rings (SSSR count). The number of nitrogens with two attached hydrogens (primary N) is 1. The number of nitrogens with zero attached hydrogens (tertiary/aromatic N) is 3. The van der Waals surface area contributed by atoms with Gasteiger partial charge in [0.15, 0.2) is 5.65 Å². The van der Waals surface area contributed by atoms with Crippen LogP contribution in [0.5, 0.6) is 0 Å². The number of hydrogen-bond acceptors (Lipinski definition) is 5. The van der Waals surface area contributed by atoms with Gasteiger partial charge in [0.05, 0.1) is 5.69 Å². The van der Waals surface area contributed by atoms with Crippen molar-refractivity contribution in [1.29, 1.82) is 0 Å². The van der Waals surface area contributed by atoms with Gasteiger partial charge in [0.2, 0.25) is 0 Å². The Bertz CT molecular complexity index is 631. The van der Waals surface area contributed by atoms with Crippen LogP contribution >= 0.6 is 0 Å². The summed E-state index contributed by atoms with van der Waals surface area (Å²) in [7, 11) is 0.